The van der Waals surface area contributed by atoms with E-state index >= 15 is 0 Å². The number of carbonyl (C=O) groups excluding carboxylic acids is 1. The van der Waals surface area contributed by atoms with Crippen molar-refractivity contribution >= 4 is 27.3 Å². The van der Waals surface area contributed by atoms with Gasteiger partial charge in [-0.3, -0.25) is 0 Å². The first-order chi connectivity index (χ1) is 11.9. The zero-order valence-electron chi connectivity index (χ0n) is 14.4. The molecule has 0 aromatic carbocycles. The lowest BCUT2D eigenvalue weighted by atomic mass is 10.2. The number of rotatable bonds is 10. The summed E-state index contributed by atoms with van der Waals surface area (Å²) in [4.78, 5) is 13.1. The van der Waals surface area contributed by atoms with Gasteiger partial charge in [0.2, 0.25) is 10.0 Å². The molecule has 0 aliphatic rings. The summed E-state index contributed by atoms with van der Waals surface area (Å²) in [7, 11) is -1.88. The molecule has 2 heterocycles. The standard InChI is InChI=1S/C17H23NO5S2/c1-22-17(19)16-10-9-15(24-16)8-4-12-18(25(2,20)21)11-3-6-14-7-5-13-23-14/h5,7,9-10,13H,3-4,6,8,11-12H2,1-2H3. The smallest absolute Gasteiger partial charge is 0.348 e. The van der Waals surface area contributed by atoms with Crippen molar-refractivity contribution in [2.24, 2.45) is 0 Å². The van der Waals surface area contributed by atoms with Crippen LogP contribution in [0, 0.1) is 0 Å². The molecule has 8 heteroatoms. The number of nitrogens with zero attached hydrogens (tertiary/aromatic N) is 1. The lowest BCUT2D eigenvalue weighted by Crippen LogP contribution is -2.32. The van der Waals surface area contributed by atoms with Gasteiger partial charge in [0.1, 0.15) is 10.6 Å². The summed E-state index contributed by atoms with van der Waals surface area (Å²) < 4.78 is 35.3. The second kappa shape index (κ2) is 9.17. The summed E-state index contributed by atoms with van der Waals surface area (Å²) in [5.74, 6) is 0.523. The second-order valence-corrected chi connectivity index (χ2v) is 8.86. The quantitative estimate of drug-likeness (QED) is 0.588. The van der Waals surface area contributed by atoms with Crippen LogP contribution in [0.15, 0.2) is 34.9 Å². The average Bonchev–Trinajstić information content (AvgIpc) is 3.23. The maximum Gasteiger partial charge on any atom is 0.348 e. The van der Waals surface area contributed by atoms with Gasteiger partial charge in [0.25, 0.3) is 0 Å². The zero-order valence-corrected chi connectivity index (χ0v) is 16.1. The Morgan fingerprint density at radius 2 is 1.92 bits per heavy atom. The van der Waals surface area contributed by atoms with Gasteiger partial charge in [-0.2, -0.15) is 0 Å². The average molecular weight is 386 g/mol. The number of hydrogen-bond acceptors (Lipinski definition) is 6. The maximum atomic E-state index is 11.9. The van der Waals surface area contributed by atoms with E-state index < -0.39 is 10.0 Å². The zero-order chi connectivity index (χ0) is 18.3. The van der Waals surface area contributed by atoms with Gasteiger partial charge in [0, 0.05) is 24.4 Å². The van der Waals surface area contributed by atoms with E-state index in [0.717, 1.165) is 17.1 Å². The van der Waals surface area contributed by atoms with E-state index in [2.05, 4.69) is 4.74 Å². The monoisotopic (exact) mass is 385 g/mol. The van der Waals surface area contributed by atoms with Crippen LogP contribution in [-0.4, -0.2) is 45.1 Å². The van der Waals surface area contributed by atoms with Crippen molar-refractivity contribution in [1.29, 1.82) is 0 Å². The molecule has 2 aromatic heterocycles. The molecule has 0 atom stereocenters. The molecule has 0 unspecified atom stereocenters. The molecule has 0 fully saturated rings. The van der Waals surface area contributed by atoms with Gasteiger partial charge in [0.05, 0.1) is 19.6 Å². The summed E-state index contributed by atoms with van der Waals surface area (Å²) in [6, 6.07) is 7.34. The Labute approximate surface area is 152 Å². The number of hydrogen-bond donors (Lipinski definition) is 0. The summed E-state index contributed by atoms with van der Waals surface area (Å²) in [5.41, 5.74) is 0. The van der Waals surface area contributed by atoms with Crippen molar-refractivity contribution in [2.75, 3.05) is 26.5 Å². The Bertz CT molecular complexity index is 765. The summed E-state index contributed by atoms with van der Waals surface area (Å²) in [6.07, 6.45) is 5.72. The van der Waals surface area contributed by atoms with Crippen molar-refractivity contribution in [3.05, 3.63) is 46.0 Å². The highest BCUT2D eigenvalue weighted by Crippen LogP contribution is 2.19. The SMILES string of the molecule is COC(=O)c1ccc(CCCN(CCCc2ccco2)S(C)(=O)=O)s1. The number of methoxy groups -OCH3 is 1. The van der Waals surface area contributed by atoms with E-state index in [0.29, 0.717) is 37.2 Å². The predicted octanol–water partition coefficient (Wildman–Crippen LogP) is 2.95. The van der Waals surface area contributed by atoms with Gasteiger partial charge in [-0.15, -0.1) is 11.3 Å². The van der Waals surface area contributed by atoms with E-state index in [1.165, 1.54) is 29.0 Å². The fourth-order valence-electron chi connectivity index (χ4n) is 2.48. The summed E-state index contributed by atoms with van der Waals surface area (Å²) in [5, 5.41) is 0. The van der Waals surface area contributed by atoms with Gasteiger partial charge >= 0.3 is 5.97 Å². The van der Waals surface area contributed by atoms with Crippen LogP contribution in [0.2, 0.25) is 0 Å². The summed E-state index contributed by atoms with van der Waals surface area (Å²) in [6.45, 7) is 0.930. The molecule has 0 radical (unpaired) electrons. The lowest BCUT2D eigenvalue weighted by molar-refractivity contribution is 0.0606. The van der Waals surface area contributed by atoms with Crippen molar-refractivity contribution in [2.45, 2.75) is 25.7 Å². The molecule has 0 aliphatic heterocycles. The first-order valence-corrected chi connectivity index (χ1v) is 10.7. The Morgan fingerprint density at radius 1 is 1.20 bits per heavy atom. The Hall–Kier alpha value is -1.64. The van der Waals surface area contributed by atoms with Crippen LogP contribution < -0.4 is 0 Å². The van der Waals surface area contributed by atoms with E-state index in [1.54, 1.807) is 12.3 Å². The molecule has 0 aliphatic carbocycles. The minimum Gasteiger partial charge on any atom is -0.469 e. The topological polar surface area (TPSA) is 76.8 Å². The Kier molecular flexibility index (Phi) is 7.22. The number of esters is 1. The minimum atomic E-state index is -3.24. The van der Waals surface area contributed by atoms with Crippen LogP contribution in [0.1, 0.15) is 33.2 Å². The first kappa shape index (κ1) is 19.7. The number of aryl methyl sites for hydroxylation is 2. The molecule has 2 aromatic rings. The Morgan fingerprint density at radius 3 is 2.52 bits per heavy atom. The summed E-state index contributed by atoms with van der Waals surface area (Å²) >= 11 is 1.39. The van der Waals surface area contributed by atoms with Crippen LogP contribution in [0.5, 0.6) is 0 Å². The lowest BCUT2D eigenvalue weighted by Gasteiger charge is -2.19. The molecular formula is C17H23NO5S2. The largest absolute Gasteiger partial charge is 0.469 e. The molecular weight excluding hydrogens is 362 g/mol. The molecule has 25 heavy (non-hydrogen) atoms. The van der Waals surface area contributed by atoms with E-state index in [4.69, 9.17) is 4.42 Å². The molecule has 138 valence electrons. The third kappa shape index (κ3) is 6.30. The highest BCUT2D eigenvalue weighted by Gasteiger charge is 2.16. The van der Waals surface area contributed by atoms with Gasteiger partial charge < -0.3 is 9.15 Å². The maximum absolute atomic E-state index is 11.9. The number of furan rings is 1. The number of ether oxygens (including phenoxy) is 1. The van der Waals surface area contributed by atoms with Crippen LogP contribution in [0.25, 0.3) is 0 Å². The number of carbonyl (C=O) groups is 1. The molecule has 0 N–H and O–H groups in total. The van der Waals surface area contributed by atoms with Crippen molar-refractivity contribution in [1.82, 2.24) is 4.31 Å². The van der Waals surface area contributed by atoms with Crippen molar-refractivity contribution in [3.8, 4) is 0 Å². The molecule has 0 bridgehead atoms. The molecule has 0 spiro atoms. The van der Waals surface area contributed by atoms with E-state index in [-0.39, 0.29) is 5.97 Å². The third-order valence-electron chi connectivity index (χ3n) is 3.76. The van der Waals surface area contributed by atoms with Gasteiger partial charge in [-0.05, 0) is 43.5 Å². The fraction of sp³-hybridized carbons (Fsp3) is 0.471. The predicted molar refractivity (Wildman–Crippen MR) is 97.4 cm³/mol. The van der Waals surface area contributed by atoms with Gasteiger partial charge in [-0.25, -0.2) is 17.5 Å². The van der Waals surface area contributed by atoms with Crippen LogP contribution in [0.4, 0.5) is 0 Å². The number of thiophene rings is 1. The van der Waals surface area contributed by atoms with Crippen LogP contribution in [-0.2, 0) is 27.6 Å². The van der Waals surface area contributed by atoms with Crippen LogP contribution in [0.3, 0.4) is 0 Å². The molecule has 6 nitrogen and oxygen atoms in total. The Balaban J connectivity index is 1.81. The third-order valence-corrected chi connectivity index (χ3v) is 6.19. The van der Waals surface area contributed by atoms with E-state index in [9.17, 15) is 13.2 Å². The van der Waals surface area contributed by atoms with E-state index in [1.807, 2.05) is 18.2 Å². The molecule has 0 saturated carbocycles. The molecule has 2 rings (SSSR count). The van der Waals surface area contributed by atoms with Crippen molar-refractivity contribution in [3.63, 3.8) is 0 Å². The number of sulfonamides is 1. The minimum absolute atomic E-state index is 0.341. The normalized spacial score (nSPS) is 11.8. The fourth-order valence-corrected chi connectivity index (χ4v) is 4.37. The first-order valence-electron chi connectivity index (χ1n) is 8.04. The van der Waals surface area contributed by atoms with Crippen LogP contribution >= 0.6 is 11.3 Å². The highest BCUT2D eigenvalue weighted by atomic mass is 32.2. The highest BCUT2D eigenvalue weighted by molar-refractivity contribution is 7.88. The molecule has 0 saturated heterocycles. The second-order valence-electron chi connectivity index (χ2n) is 5.71. The molecule has 0 amide bonds. The van der Waals surface area contributed by atoms with Crippen molar-refractivity contribution < 1.29 is 22.4 Å². The van der Waals surface area contributed by atoms with Gasteiger partial charge in [-0.1, -0.05) is 0 Å². The van der Waals surface area contributed by atoms with Gasteiger partial charge in [0.15, 0.2) is 0 Å².